The van der Waals surface area contributed by atoms with Gasteiger partial charge >= 0.3 is 11.9 Å². The van der Waals surface area contributed by atoms with E-state index >= 15 is 0 Å². The van der Waals surface area contributed by atoms with E-state index in [2.05, 4.69) is 5.32 Å². The lowest BCUT2D eigenvalue weighted by atomic mass is 9.92. The number of hydrogen-bond acceptors (Lipinski definition) is 7. The highest BCUT2D eigenvalue weighted by molar-refractivity contribution is 6.08. The number of rotatable bonds is 9. The van der Waals surface area contributed by atoms with E-state index in [9.17, 15) is 14.4 Å². The second-order valence-electron chi connectivity index (χ2n) is 7.31. The van der Waals surface area contributed by atoms with Crippen LogP contribution in [0.2, 0.25) is 0 Å². The van der Waals surface area contributed by atoms with Gasteiger partial charge in [-0.25, -0.2) is 4.79 Å². The Balaban J connectivity index is 1.78. The summed E-state index contributed by atoms with van der Waals surface area (Å²) in [6.07, 6.45) is 0.455. The molecule has 0 aromatic heterocycles. The first kappa shape index (κ1) is 23.0. The van der Waals surface area contributed by atoms with Gasteiger partial charge in [0.25, 0.3) is 5.91 Å². The van der Waals surface area contributed by atoms with Crippen molar-refractivity contribution < 1.29 is 29.0 Å². The van der Waals surface area contributed by atoms with Crippen LogP contribution in [-0.4, -0.2) is 61.8 Å². The predicted molar refractivity (Wildman–Crippen MR) is 118 cm³/mol. The number of hydrogen-bond donors (Lipinski definition) is 2. The number of carbonyl (C=O) groups is 3. The molecule has 8 nitrogen and oxygen atoms in total. The minimum absolute atomic E-state index is 0.0738. The van der Waals surface area contributed by atoms with Crippen molar-refractivity contribution in [2.24, 2.45) is 0 Å². The van der Waals surface area contributed by atoms with Gasteiger partial charge in [0, 0.05) is 12.2 Å². The van der Waals surface area contributed by atoms with Crippen LogP contribution in [-0.2, 0) is 30.3 Å². The zero-order valence-corrected chi connectivity index (χ0v) is 18.0. The number of β-amino-alcohol motifs (C(OH)–C–C–N with tert-alkyl or cyclic N) is 1. The SMILES string of the molecule is COC(=O)C1=C(Nc2ccc(CC(C(=O)OC)c3ccccc3)cc2)C(=O)N(CCO)C1. The topological polar surface area (TPSA) is 105 Å². The first-order valence-electron chi connectivity index (χ1n) is 10.2. The first-order chi connectivity index (χ1) is 15.5. The molecule has 1 aliphatic rings. The summed E-state index contributed by atoms with van der Waals surface area (Å²) in [6, 6.07) is 16.7. The molecule has 32 heavy (non-hydrogen) atoms. The molecule has 168 valence electrons. The Hall–Kier alpha value is -3.65. The van der Waals surface area contributed by atoms with Gasteiger partial charge in [0.2, 0.25) is 0 Å². The second-order valence-corrected chi connectivity index (χ2v) is 7.31. The van der Waals surface area contributed by atoms with Gasteiger partial charge in [-0.15, -0.1) is 0 Å². The van der Waals surface area contributed by atoms with Crippen molar-refractivity contribution in [1.82, 2.24) is 4.90 Å². The normalized spacial score (nSPS) is 14.3. The summed E-state index contributed by atoms with van der Waals surface area (Å²) in [5.74, 6) is -1.72. The van der Waals surface area contributed by atoms with Crippen molar-refractivity contribution in [3.05, 3.63) is 77.0 Å². The molecule has 1 heterocycles. The minimum Gasteiger partial charge on any atom is -0.469 e. The molecule has 0 bridgehead atoms. The Morgan fingerprint density at radius 2 is 1.75 bits per heavy atom. The predicted octanol–water partition coefficient (Wildman–Crippen LogP) is 1.86. The number of nitrogens with one attached hydrogen (secondary N) is 1. The Kier molecular flexibility index (Phi) is 7.62. The number of amides is 1. The van der Waals surface area contributed by atoms with Gasteiger partial charge in [-0.1, -0.05) is 42.5 Å². The number of anilines is 1. The number of methoxy groups -OCH3 is 2. The highest BCUT2D eigenvalue weighted by Gasteiger charge is 2.34. The molecule has 1 amide bonds. The lowest BCUT2D eigenvalue weighted by Crippen LogP contribution is -2.31. The fourth-order valence-corrected chi connectivity index (χ4v) is 3.62. The van der Waals surface area contributed by atoms with Crippen LogP contribution in [0.15, 0.2) is 65.9 Å². The molecule has 3 rings (SSSR count). The van der Waals surface area contributed by atoms with Gasteiger partial charge in [-0.3, -0.25) is 9.59 Å². The van der Waals surface area contributed by atoms with Crippen molar-refractivity contribution >= 4 is 23.5 Å². The van der Waals surface area contributed by atoms with E-state index in [0.29, 0.717) is 12.1 Å². The molecule has 0 radical (unpaired) electrons. The van der Waals surface area contributed by atoms with Crippen molar-refractivity contribution in [2.75, 3.05) is 39.2 Å². The molecule has 1 aliphatic heterocycles. The Morgan fingerprint density at radius 1 is 1.06 bits per heavy atom. The van der Waals surface area contributed by atoms with Crippen LogP contribution in [0.4, 0.5) is 5.69 Å². The van der Waals surface area contributed by atoms with Gasteiger partial charge in [0.05, 0.1) is 38.9 Å². The Bertz CT molecular complexity index is 1000. The standard InChI is InChI=1S/C24H26N2O6/c1-31-23(29)19(17-6-4-3-5-7-17)14-16-8-10-18(11-9-16)25-21-20(24(30)32-2)15-26(12-13-27)22(21)28/h3-11,19,25,27H,12-15H2,1-2H3. The van der Waals surface area contributed by atoms with E-state index in [1.165, 1.54) is 19.1 Å². The minimum atomic E-state index is -0.596. The monoisotopic (exact) mass is 438 g/mol. The maximum atomic E-state index is 12.6. The maximum absolute atomic E-state index is 12.6. The van der Waals surface area contributed by atoms with Crippen molar-refractivity contribution in [2.45, 2.75) is 12.3 Å². The average molecular weight is 438 g/mol. The summed E-state index contributed by atoms with van der Waals surface area (Å²) >= 11 is 0. The van der Waals surface area contributed by atoms with Gasteiger partial charge in [0.1, 0.15) is 5.70 Å². The number of carbonyl (C=O) groups excluding carboxylic acids is 3. The summed E-state index contributed by atoms with van der Waals surface area (Å²) < 4.78 is 9.77. The quantitative estimate of drug-likeness (QED) is 0.576. The smallest absolute Gasteiger partial charge is 0.337 e. The van der Waals surface area contributed by atoms with E-state index in [1.54, 1.807) is 12.1 Å². The molecular weight excluding hydrogens is 412 g/mol. The molecule has 0 saturated heterocycles. The van der Waals surface area contributed by atoms with Crippen LogP contribution in [0.3, 0.4) is 0 Å². The van der Waals surface area contributed by atoms with Crippen molar-refractivity contribution in [3.63, 3.8) is 0 Å². The average Bonchev–Trinajstić information content (AvgIpc) is 3.13. The molecule has 8 heteroatoms. The molecule has 0 fully saturated rings. The summed E-state index contributed by atoms with van der Waals surface area (Å²) in [5.41, 5.74) is 2.74. The van der Waals surface area contributed by atoms with Crippen LogP contribution in [0.5, 0.6) is 0 Å². The zero-order valence-electron chi connectivity index (χ0n) is 18.0. The highest BCUT2D eigenvalue weighted by atomic mass is 16.5. The molecular formula is C24H26N2O6. The van der Waals surface area contributed by atoms with E-state index in [-0.39, 0.29) is 42.8 Å². The molecule has 0 aliphatic carbocycles. The Morgan fingerprint density at radius 3 is 2.34 bits per heavy atom. The number of benzene rings is 2. The molecule has 1 unspecified atom stereocenters. The molecule has 2 aromatic carbocycles. The third-order valence-electron chi connectivity index (χ3n) is 5.30. The van der Waals surface area contributed by atoms with Gasteiger partial charge in [-0.05, 0) is 29.7 Å². The lowest BCUT2D eigenvalue weighted by molar-refractivity contribution is -0.142. The van der Waals surface area contributed by atoms with Crippen LogP contribution in [0.1, 0.15) is 17.0 Å². The van der Waals surface area contributed by atoms with Crippen molar-refractivity contribution in [3.8, 4) is 0 Å². The zero-order chi connectivity index (χ0) is 23.1. The van der Waals surface area contributed by atoms with Crippen LogP contribution in [0.25, 0.3) is 0 Å². The summed E-state index contributed by atoms with van der Waals surface area (Å²) in [5, 5.41) is 12.2. The van der Waals surface area contributed by atoms with Crippen LogP contribution < -0.4 is 5.32 Å². The number of esters is 2. The largest absolute Gasteiger partial charge is 0.469 e. The fraction of sp³-hybridized carbons (Fsp3) is 0.292. The van der Waals surface area contributed by atoms with E-state index in [4.69, 9.17) is 14.6 Å². The summed E-state index contributed by atoms with van der Waals surface area (Å²) in [6.45, 7) is -0.00678. The fourth-order valence-electron chi connectivity index (χ4n) is 3.62. The van der Waals surface area contributed by atoms with E-state index in [0.717, 1.165) is 11.1 Å². The summed E-state index contributed by atoms with van der Waals surface area (Å²) in [4.78, 5) is 38.4. The molecule has 2 aromatic rings. The van der Waals surface area contributed by atoms with Crippen LogP contribution >= 0.6 is 0 Å². The van der Waals surface area contributed by atoms with Crippen molar-refractivity contribution in [1.29, 1.82) is 0 Å². The second kappa shape index (κ2) is 10.6. The number of aliphatic hydroxyl groups is 1. The number of aliphatic hydroxyl groups excluding tert-OH is 1. The van der Waals surface area contributed by atoms with E-state index in [1.807, 2.05) is 42.5 Å². The van der Waals surface area contributed by atoms with E-state index < -0.39 is 11.9 Å². The number of nitrogens with zero attached hydrogens (tertiary/aromatic N) is 1. The molecule has 1 atom stereocenters. The third-order valence-corrected chi connectivity index (χ3v) is 5.30. The molecule has 2 N–H and O–H groups in total. The van der Waals surface area contributed by atoms with Gasteiger partial charge in [-0.2, -0.15) is 0 Å². The summed E-state index contributed by atoms with van der Waals surface area (Å²) in [7, 11) is 2.63. The molecule has 0 saturated carbocycles. The lowest BCUT2D eigenvalue weighted by Gasteiger charge is -2.16. The molecule has 0 spiro atoms. The first-order valence-corrected chi connectivity index (χ1v) is 10.2. The Labute approximate surface area is 186 Å². The third kappa shape index (κ3) is 5.15. The maximum Gasteiger partial charge on any atom is 0.337 e. The van der Waals surface area contributed by atoms with Gasteiger partial charge in [0.15, 0.2) is 0 Å². The van der Waals surface area contributed by atoms with Crippen LogP contribution in [0, 0.1) is 0 Å². The highest BCUT2D eigenvalue weighted by Crippen LogP contribution is 2.25. The van der Waals surface area contributed by atoms with Gasteiger partial charge < -0.3 is 24.8 Å². The number of ether oxygens (including phenoxy) is 2.